The standard InChI is InChI=1S/C29H26O7/c30-19(5-1-17-3-7-20(31)13-26(17)24-11-9-22(33)15-28(24)35)6-2-18-4-8-21(32)14-27(18)25-12-10-23(34)16-29(25)36/h3-4,7-16,31-36H,1-2,5-6H2. The quantitative estimate of drug-likeness (QED) is 0.196. The van der Waals surface area contributed by atoms with Crippen LogP contribution in [0.4, 0.5) is 0 Å². The lowest BCUT2D eigenvalue weighted by atomic mass is 9.92. The molecule has 36 heavy (non-hydrogen) atoms. The third-order valence-electron chi connectivity index (χ3n) is 6.08. The van der Waals surface area contributed by atoms with Gasteiger partial charge in [-0.2, -0.15) is 0 Å². The van der Waals surface area contributed by atoms with Crippen molar-refractivity contribution >= 4 is 5.78 Å². The van der Waals surface area contributed by atoms with E-state index in [0.717, 1.165) is 11.1 Å². The van der Waals surface area contributed by atoms with Crippen LogP contribution in [-0.4, -0.2) is 36.4 Å². The zero-order chi connectivity index (χ0) is 25.8. The molecule has 0 bridgehead atoms. The van der Waals surface area contributed by atoms with Crippen LogP contribution in [0.3, 0.4) is 0 Å². The van der Waals surface area contributed by atoms with Crippen molar-refractivity contribution in [2.45, 2.75) is 25.7 Å². The van der Waals surface area contributed by atoms with Gasteiger partial charge in [0.2, 0.25) is 0 Å². The largest absolute Gasteiger partial charge is 0.508 e. The number of ketones is 1. The van der Waals surface area contributed by atoms with E-state index in [-0.39, 0.29) is 53.1 Å². The minimum absolute atomic E-state index is 0.00194. The van der Waals surface area contributed by atoms with Crippen molar-refractivity contribution in [3.8, 4) is 56.8 Å². The number of hydrogen-bond acceptors (Lipinski definition) is 7. The summed E-state index contributed by atoms with van der Waals surface area (Å²) in [6, 6.07) is 17.9. The van der Waals surface area contributed by atoms with E-state index in [4.69, 9.17) is 0 Å². The van der Waals surface area contributed by atoms with E-state index in [9.17, 15) is 35.4 Å². The zero-order valence-electron chi connectivity index (χ0n) is 19.3. The molecule has 4 aromatic carbocycles. The van der Waals surface area contributed by atoms with E-state index >= 15 is 0 Å². The highest BCUT2D eigenvalue weighted by molar-refractivity contribution is 5.81. The molecule has 0 aliphatic heterocycles. The second kappa shape index (κ2) is 10.3. The van der Waals surface area contributed by atoms with Crippen molar-refractivity contribution < 1.29 is 35.4 Å². The summed E-state index contributed by atoms with van der Waals surface area (Å²) in [7, 11) is 0. The molecule has 0 saturated carbocycles. The number of rotatable bonds is 8. The molecule has 7 nitrogen and oxygen atoms in total. The first kappa shape index (κ1) is 24.5. The Hall–Kier alpha value is -4.65. The SMILES string of the molecule is O=C(CCc1ccc(O)cc1-c1ccc(O)cc1O)CCc1ccc(O)cc1-c1ccc(O)cc1O. The van der Waals surface area contributed by atoms with Crippen LogP contribution < -0.4 is 0 Å². The molecule has 6 N–H and O–H groups in total. The van der Waals surface area contributed by atoms with Crippen LogP contribution in [0.5, 0.6) is 34.5 Å². The lowest BCUT2D eigenvalue weighted by molar-refractivity contribution is -0.119. The highest BCUT2D eigenvalue weighted by Crippen LogP contribution is 2.38. The minimum atomic E-state index is -0.134. The van der Waals surface area contributed by atoms with E-state index in [2.05, 4.69) is 0 Å². The fourth-order valence-corrected chi connectivity index (χ4v) is 4.24. The van der Waals surface area contributed by atoms with Crippen molar-refractivity contribution in [1.82, 2.24) is 0 Å². The summed E-state index contributed by atoms with van der Waals surface area (Å²) in [6.07, 6.45) is 1.23. The average Bonchev–Trinajstić information content (AvgIpc) is 2.82. The molecule has 0 aromatic heterocycles. The predicted octanol–water partition coefficient (Wildman–Crippen LogP) is 5.39. The molecule has 0 fully saturated rings. The van der Waals surface area contributed by atoms with Crippen molar-refractivity contribution in [3.05, 3.63) is 83.9 Å². The lowest BCUT2D eigenvalue weighted by Crippen LogP contribution is -2.04. The first-order valence-electron chi connectivity index (χ1n) is 11.4. The molecule has 0 atom stereocenters. The van der Waals surface area contributed by atoms with Gasteiger partial charge in [-0.3, -0.25) is 4.79 Å². The summed E-state index contributed by atoms with van der Waals surface area (Å²) in [4.78, 5) is 12.8. The number of phenolic OH excluding ortho intramolecular Hbond substituents is 6. The number of hydrogen-bond donors (Lipinski definition) is 6. The molecule has 184 valence electrons. The van der Waals surface area contributed by atoms with Crippen molar-refractivity contribution in [2.24, 2.45) is 0 Å². The lowest BCUT2D eigenvalue weighted by Gasteiger charge is -2.13. The first-order chi connectivity index (χ1) is 17.2. The van der Waals surface area contributed by atoms with Crippen LogP contribution in [0, 0.1) is 0 Å². The third kappa shape index (κ3) is 5.52. The molecule has 0 unspecified atom stereocenters. The van der Waals surface area contributed by atoms with Gasteiger partial charge in [0.05, 0.1) is 0 Å². The molecule has 0 radical (unpaired) electrons. The van der Waals surface area contributed by atoms with E-state index in [0.29, 0.717) is 35.1 Å². The molecular formula is C29H26O7. The Balaban J connectivity index is 1.48. The molecule has 0 heterocycles. The Morgan fingerprint density at radius 1 is 0.472 bits per heavy atom. The van der Waals surface area contributed by atoms with Gasteiger partial charge in [0, 0.05) is 36.1 Å². The summed E-state index contributed by atoms with van der Waals surface area (Å²) in [6.45, 7) is 0. The molecule has 0 amide bonds. The number of Topliss-reactive ketones (excluding diaryl/α,β-unsaturated/α-hetero) is 1. The molecule has 7 heteroatoms. The van der Waals surface area contributed by atoms with Crippen LogP contribution in [0.25, 0.3) is 22.3 Å². The predicted molar refractivity (Wildman–Crippen MR) is 135 cm³/mol. The van der Waals surface area contributed by atoms with Gasteiger partial charge in [-0.1, -0.05) is 12.1 Å². The van der Waals surface area contributed by atoms with Gasteiger partial charge in [0.25, 0.3) is 0 Å². The number of phenols is 6. The van der Waals surface area contributed by atoms with Gasteiger partial charge in [0.15, 0.2) is 0 Å². The fourth-order valence-electron chi connectivity index (χ4n) is 4.24. The molecular weight excluding hydrogens is 460 g/mol. The number of carbonyl (C=O) groups excluding carboxylic acids is 1. The maximum Gasteiger partial charge on any atom is 0.133 e. The molecule has 0 saturated heterocycles. The summed E-state index contributed by atoms with van der Waals surface area (Å²) < 4.78 is 0. The number of carbonyl (C=O) groups is 1. The number of benzene rings is 4. The Bertz CT molecular complexity index is 1320. The zero-order valence-corrected chi connectivity index (χ0v) is 19.3. The molecule has 4 aromatic rings. The summed E-state index contributed by atoms with van der Waals surface area (Å²) >= 11 is 0. The summed E-state index contributed by atoms with van der Waals surface area (Å²) in [5, 5.41) is 59.6. The van der Waals surface area contributed by atoms with Crippen LogP contribution in [0.15, 0.2) is 72.8 Å². The number of aromatic hydroxyl groups is 6. The molecule has 0 aliphatic rings. The summed E-state index contributed by atoms with van der Waals surface area (Å²) in [5.41, 5.74) is 3.55. The van der Waals surface area contributed by atoms with Gasteiger partial charge in [-0.25, -0.2) is 0 Å². The van der Waals surface area contributed by atoms with Gasteiger partial charge in [-0.15, -0.1) is 0 Å². The van der Waals surface area contributed by atoms with Gasteiger partial charge in [-0.05, 0) is 83.6 Å². The van der Waals surface area contributed by atoms with Gasteiger partial charge < -0.3 is 30.6 Å². The maximum absolute atomic E-state index is 12.8. The second-order valence-corrected chi connectivity index (χ2v) is 8.62. The summed E-state index contributed by atoms with van der Waals surface area (Å²) in [5.74, 6) is -0.395. The average molecular weight is 487 g/mol. The van der Waals surface area contributed by atoms with Crippen LogP contribution in [0.2, 0.25) is 0 Å². The Morgan fingerprint density at radius 2 is 0.833 bits per heavy atom. The highest BCUT2D eigenvalue weighted by atomic mass is 16.3. The molecule has 0 spiro atoms. The minimum Gasteiger partial charge on any atom is -0.508 e. The maximum atomic E-state index is 12.8. The first-order valence-corrected chi connectivity index (χ1v) is 11.4. The van der Waals surface area contributed by atoms with E-state index in [1.165, 1.54) is 48.5 Å². The second-order valence-electron chi connectivity index (χ2n) is 8.62. The van der Waals surface area contributed by atoms with E-state index in [1.807, 2.05) is 0 Å². The normalized spacial score (nSPS) is 10.9. The van der Waals surface area contributed by atoms with E-state index in [1.54, 1.807) is 24.3 Å². The van der Waals surface area contributed by atoms with E-state index < -0.39 is 0 Å². The topological polar surface area (TPSA) is 138 Å². The molecule has 4 rings (SSSR count). The fraction of sp³-hybridized carbons (Fsp3) is 0.138. The number of aryl methyl sites for hydroxylation is 2. The molecule has 0 aliphatic carbocycles. The van der Waals surface area contributed by atoms with Crippen LogP contribution in [-0.2, 0) is 17.6 Å². The monoisotopic (exact) mass is 486 g/mol. The van der Waals surface area contributed by atoms with Crippen LogP contribution >= 0.6 is 0 Å². The third-order valence-corrected chi connectivity index (χ3v) is 6.08. The Morgan fingerprint density at radius 3 is 1.22 bits per heavy atom. The van der Waals surface area contributed by atoms with Crippen molar-refractivity contribution in [3.63, 3.8) is 0 Å². The Kier molecular flexibility index (Phi) is 7.01. The van der Waals surface area contributed by atoms with Crippen molar-refractivity contribution in [2.75, 3.05) is 0 Å². The van der Waals surface area contributed by atoms with Crippen molar-refractivity contribution in [1.29, 1.82) is 0 Å². The van der Waals surface area contributed by atoms with Gasteiger partial charge >= 0.3 is 0 Å². The van der Waals surface area contributed by atoms with Gasteiger partial charge in [0.1, 0.15) is 40.3 Å². The van der Waals surface area contributed by atoms with Crippen LogP contribution in [0.1, 0.15) is 24.0 Å². The smallest absolute Gasteiger partial charge is 0.133 e. The highest BCUT2D eigenvalue weighted by Gasteiger charge is 2.15. The Labute approximate surface area is 207 Å².